The van der Waals surface area contributed by atoms with Gasteiger partial charge in [-0.3, -0.25) is 4.79 Å². The number of halogens is 1. The zero-order chi connectivity index (χ0) is 14.1. The van der Waals surface area contributed by atoms with Crippen LogP contribution < -0.4 is 11.1 Å². The molecule has 0 spiro atoms. The molecule has 3 rings (SSSR count). The quantitative estimate of drug-likeness (QED) is 0.873. The summed E-state index contributed by atoms with van der Waals surface area (Å²) in [5.41, 5.74) is 6.22. The number of fused-ring (bicyclic) bond motifs is 2. The van der Waals surface area contributed by atoms with E-state index < -0.39 is 0 Å². The molecule has 3 N–H and O–H groups in total. The van der Waals surface area contributed by atoms with E-state index in [1.54, 1.807) is 11.3 Å². The highest BCUT2D eigenvalue weighted by Crippen LogP contribution is 2.47. The molecule has 5 heteroatoms. The Morgan fingerprint density at radius 2 is 2.24 bits per heavy atom. The predicted molar refractivity (Wildman–Crippen MR) is 89.7 cm³/mol. The number of carbonyl (C=O) groups excluding carboxylic acids is 1. The summed E-state index contributed by atoms with van der Waals surface area (Å²) in [4.78, 5) is 13.8. The third kappa shape index (κ3) is 3.61. The van der Waals surface area contributed by atoms with Crippen molar-refractivity contribution in [2.45, 2.75) is 38.6 Å². The van der Waals surface area contributed by atoms with Crippen LogP contribution in [0.1, 0.15) is 31.1 Å². The molecule has 2 fully saturated rings. The summed E-state index contributed by atoms with van der Waals surface area (Å²) in [5.74, 6) is 1.89. The van der Waals surface area contributed by atoms with Crippen LogP contribution in [0, 0.1) is 23.7 Å². The number of carbonyl (C=O) groups is 1. The minimum Gasteiger partial charge on any atom is -0.356 e. The Labute approximate surface area is 137 Å². The molecule has 5 atom stereocenters. The lowest BCUT2D eigenvalue weighted by molar-refractivity contribution is -0.127. The summed E-state index contributed by atoms with van der Waals surface area (Å²) in [6.45, 7) is 2.96. The summed E-state index contributed by atoms with van der Waals surface area (Å²) < 4.78 is 0. The van der Waals surface area contributed by atoms with Crippen LogP contribution in [0.2, 0.25) is 0 Å². The third-order valence-corrected chi connectivity index (χ3v) is 5.94. The van der Waals surface area contributed by atoms with E-state index in [2.05, 4.69) is 29.8 Å². The smallest absolute Gasteiger partial charge is 0.224 e. The third-order valence-electron chi connectivity index (χ3n) is 5.04. The van der Waals surface area contributed by atoms with Gasteiger partial charge in [0.15, 0.2) is 0 Å². The van der Waals surface area contributed by atoms with Crippen molar-refractivity contribution in [2.24, 2.45) is 29.4 Å². The Balaban J connectivity index is 0.00000161. The van der Waals surface area contributed by atoms with Crippen molar-refractivity contribution in [3.63, 3.8) is 0 Å². The van der Waals surface area contributed by atoms with E-state index in [1.165, 1.54) is 24.1 Å². The van der Waals surface area contributed by atoms with Gasteiger partial charge >= 0.3 is 0 Å². The monoisotopic (exact) mass is 328 g/mol. The standard InChI is InChI=1S/C16H24N2OS.ClH/c1-10(7-13-3-2-6-20-13)9-18-16(19)14-11-4-5-12(8-11)15(14)17;/h2-3,6,10-12,14-15H,4-5,7-9,17H2,1H3,(H,18,19);1H. The van der Waals surface area contributed by atoms with E-state index in [4.69, 9.17) is 5.73 Å². The van der Waals surface area contributed by atoms with Gasteiger partial charge in [-0.15, -0.1) is 23.7 Å². The molecule has 0 radical (unpaired) electrons. The maximum absolute atomic E-state index is 12.4. The molecule has 3 nitrogen and oxygen atoms in total. The first kappa shape index (κ1) is 16.8. The first-order valence-corrected chi connectivity index (χ1v) is 8.58. The molecule has 1 aromatic heterocycles. The van der Waals surface area contributed by atoms with Crippen molar-refractivity contribution in [1.82, 2.24) is 5.32 Å². The summed E-state index contributed by atoms with van der Waals surface area (Å²) in [7, 11) is 0. The van der Waals surface area contributed by atoms with Gasteiger partial charge in [0, 0.05) is 17.5 Å². The topological polar surface area (TPSA) is 55.1 Å². The molecule has 1 amide bonds. The summed E-state index contributed by atoms with van der Waals surface area (Å²) in [6.07, 6.45) is 4.64. The van der Waals surface area contributed by atoms with E-state index in [0.717, 1.165) is 13.0 Å². The number of hydrogen-bond donors (Lipinski definition) is 2. The van der Waals surface area contributed by atoms with Crippen LogP contribution in [0.4, 0.5) is 0 Å². The zero-order valence-corrected chi connectivity index (χ0v) is 14.1. The van der Waals surface area contributed by atoms with Crippen molar-refractivity contribution >= 4 is 29.7 Å². The highest BCUT2D eigenvalue weighted by molar-refractivity contribution is 7.09. The Hall–Kier alpha value is -0.580. The maximum Gasteiger partial charge on any atom is 0.224 e. The lowest BCUT2D eigenvalue weighted by Gasteiger charge is -2.27. The average Bonchev–Trinajstić information content (AvgIpc) is 3.12. The van der Waals surface area contributed by atoms with Gasteiger partial charge in [0.25, 0.3) is 0 Å². The number of hydrogen-bond acceptors (Lipinski definition) is 3. The van der Waals surface area contributed by atoms with Crippen molar-refractivity contribution < 1.29 is 4.79 Å². The Morgan fingerprint density at radius 1 is 1.48 bits per heavy atom. The number of amides is 1. The second-order valence-corrected chi connectivity index (χ2v) is 7.60. The van der Waals surface area contributed by atoms with Crippen LogP contribution in [-0.4, -0.2) is 18.5 Å². The van der Waals surface area contributed by atoms with Gasteiger partial charge in [0.2, 0.25) is 5.91 Å². The molecule has 0 saturated heterocycles. The van der Waals surface area contributed by atoms with E-state index >= 15 is 0 Å². The van der Waals surface area contributed by atoms with Crippen molar-refractivity contribution in [2.75, 3.05) is 6.54 Å². The fraction of sp³-hybridized carbons (Fsp3) is 0.688. The minimum absolute atomic E-state index is 0. The molecule has 0 aliphatic heterocycles. The Bertz CT molecular complexity index is 463. The van der Waals surface area contributed by atoms with Crippen LogP contribution in [-0.2, 0) is 11.2 Å². The van der Waals surface area contributed by atoms with E-state index in [9.17, 15) is 4.79 Å². The lowest BCUT2D eigenvalue weighted by atomic mass is 9.84. The number of nitrogens with one attached hydrogen (secondary N) is 1. The number of thiophene rings is 1. The molecule has 5 unspecified atom stereocenters. The molecule has 2 aliphatic carbocycles. The van der Waals surface area contributed by atoms with Gasteiger partial charge in [0.1, 0.15) is 0 Å². The molecule has 1 aromatic rings. The normalized spacial score (nSPS) is 31.7. The van der Waals surface area contributed by atoms with Gasteiger partial charge < -0.3 is 11.1 Å². The highest BCUT2D eigenvalue weighted by Gasteiger charge is 2.48. The van der Waals surface area contributed by atoms with Crippen LogP contribution in [0.25, 0.3) is 0 Å². The SMILES string of the molecule is CC(CNC(=O)C1C2CCC(C2)C1N)Cc1cccs1.Cl. The fourth-order valence-electron chi connectivity index (χ4n) is 3.96. The molecule has 0 aromatic carbocycles. The van der Waals surface area contributed by atoms with Crippen LogP contribution in [0.5, 0.6) is 0 Å². The largest absolute Gasteiger partial charge is 0.356 e. The second kappa shape index (κ2) is 7.12. The van der Waals surface area contributed by atoms with Gasteiger partial charge in [-0.05, 0) is 54.9 Å². The summed E-state index contributed by atoms with van der Waals surface area (Å²) in [5, 5.41) is 5.24. The van der Waals surface area contributed by atoms with Crippen molar-refractivity contribution in [1.29, 1.82) is 0 Å². The first-order chi connectivity index (χ1) is 9.65. The number of rotatable bonds is 5. The minimum atomic E-state index is 0. The van der Waals surface area contributed by atoms with E-state index in [-0.39, 0.29) is 30.3 Å². The average molecular weight is 329 g/mol. The maximum atomic E-state index is 12.4. The molecular formula is C16H25ClN2OS. The molecule has 1 heterocycles. The Morgan fingerprint density at radius 3 is 2.86 bits per heavy atom. The number of nitrogens with two attached hydrogens (primary N) is 1. The van der Waals surface area contributed by atoms with Crippen LogP contribution in [0.3, 0.4) is 0 Å². The van der Waals surface area contributed by atoms with Crippen molar-refractivity contribution in [3.8, 4) is 0 Å². The van der Waals surface area contributed by atoms with Crippen molar-refractivity contribution in [3.05, 3.63) is 22.4 Å². The molecular weight excluding hydrogens is 304 g/mol. The Kier molecular flexibility index (Phi) is 5.69. The predicted octanol–water partition coefficient (Wildman–Crippen LogP) is 2.84. The lowest BCUT2D eigenvalue weighted by Crippen LogP contribution is -2.46. The van der Waals surface area contributed by atoms with Gasteiger partial charge in [0.05, 0.1) is 5.92 Å². The van der Waals surface area contributed by atoms with Crippen LogP contribution in [0.15, 0.2) is 17.5 Å². The van der Waals surface area contributed by atoms with Gasteiger partial charge in [-0.1, -0.05) is 13.0 Å². The van der Waals surface area contributed by atoms with E-state index in [1.807, 2.05) is 0 Å². The summed E-state index contributed by atoms with van der Waals surface area (Å²) in [6, 6.07) is 4.34. The second-order valence-electron chi connectivity index (χ2n) is 6.57. The zero-order valence-electron chi connectivity index (χ0n) is 12.5. The fourth-order valence-corrected chi connectivity index (χ4v) is 4.83. The van der Waals surface area contributed by atoms with Gasteiger partial charge in [-0.25, -0.2) is 0 Å². The van der Waals surface area contributed by atoms with Crippen LogP contribution >= 0.6 is 23.7 Å². The molecule has 118 valence electrons. The molecule has 2 aliphatic rings. The summed E-state index contributed by atoms with van der Waals surface area (Å²) >= 11 is 1.79. The highest BCUT2D eigenvalue weighted by atomic mass is 35.5. The molecule has 21 heavy (non-hydrogen) atoms. The molecule has 2 saturated carbocycles. The first-order valence-electron chi connectivity index (χ1n) is 7.71. The molecule has 2 bridgehead atoms. The van der Waals surface area contributed by atoms with E-state index in [0.29, 0.717) is 17.8 Å². The van der Waals surface area contributed by atoms with Gasteiger partial charge in [-0.2, -0.15) is 0 Å².